The van der Waals surface area contributed by atoms with Crippen LogP contribution in [0.5, 0.6) is 0 Å². The van der Waals surface area contributed by atoms with Crippen molar-refractivity contribution in [2.24, 2.45) is 0 Å². The first kappa shape index (κ1) is 29.8. The van der Waals surface area contributed by atoms with Crippen molar-refractivity contribution in [1.29, 1.82) is 0 Å². The SMILES string of the molecule is c1ccc(-c2nc(-c3ccccc3)c3cc(-c4ccc(-c5ccc6ccc7ccc(-c8ccc9ccccc9c8)nc7c6n5)cc4)ccc3n2)cc1. The zero-order valence-corrected chi connectivity index (χ0v) is 28.1. The fourth-order valence-electron chi connectivity index (χ4n) is 7.11. The summed E-state index contributed by atoms with van der Waals surface area (Å²) in [5.74, 6) is 0.722. The molecule has 0 atom stereocenters. The van der Waals surface area contributed by atoms with Crippen LogP contribution < -0.4 is 0 Å². The van der Waals surface area contributed by atoms with Gasteiger partial charge in [0.05, 0.1) is 33.6 Å². The summed E-state index contributed by atoms with van der Waals surface area (Å²) in [6, 6.07) is 63.3. The molecule has 0 saturated carbocycles. The molecule has 0 aliphatic carbocycles. The molecule has 0 saturated heterocycles. The van der Waals surface area contributed by atoms with Crippen LogP contribution in [0.25, 0.3) is 99.8 Å². The van der Waals surface area contributed by atoms with E-state index in [4.69, 9.17) is 19.9 Å². The van der Waals surface area contributed by atoms with E-state index >= 15 is 0 Å². The first-order chi connectivity index (χ1) is 25.7. The van der Waals surface area contributed by atoms with E-state index in [0.29, 0.717) is 0 Å². The average Bonchev–Trinajstić information content (AvgIpc) is 3.23. The summed E-state index contributed by atoms with van der Waals surface area (Å²) in [6.07, 6.45) is 0. The normalized spacial score (nSPS) is 11.5. The Bertz CT molecular complexity index is 2940. The first-order valence-electron chi connectivity index (χ1n) is 17.5. The van der Waals surface area contributed by atoms with Crippen LogP contribution in [0.1, 0.15) is 0 Å². The molecule has 3 aromatic heterocycles. The van der Waals surface area contributed by atoms with Gasteiger partial charge in [-0.1, -0.05) is 152 Å². The molecule has 0 N–H and O–H groups in total. The van der Waals surface area contributed by atoms with Gasteiger partial charge in [0, 0.05) is 38.4 Å². The monoisotopic (exact) mass is 662 g/mol. The van der Waals surface area contributed by atoms with E-state index < -0.39 is 0 Å². The molecule has 0 unspecified atom stereocenters. The zero-order chi connectivity index (χ0) is 34.4. The summed E-state index contributed by atoms with van der Waals surface area (Å²) in [7, 11) is 0. The molecule has 4 heteroatoms. The molecule has 0 aliphatic heterocycles. The number of pyridine rings is 2. The Labute approximate surface area is 300 Å². The molecule has 0 bridgehead atoms. The van der Waals surface area contributed by atoms with E-state index in [1.54, 1.807) is 0 Å². The van der Waals surface area contributed by atoms with Crippen molar-refractivity contribution in [3.05, 3.63) is 182 Å². The van der Waals surface area contributed by atoms with Crippen molar-refractivity contribution in [2.45, 2.75) is 0 Å². The fraction of sp³-hybridized carbons (Fsp3) is 0. The number of rotatable bonds is 5. The van der Waals surface area contributed by atoms with Gasteiger partial charge in [0.2, 0.25) is 0 Å². The molecular weight excluding hydrogens is 633 g/mol. The second-order valence-electron chi connectivity index (χ2n) is 13.1. The van der Waals surface area contributed by atoms with E-state index in [-0.39, 0.29) is 0 Å². The smallest absolute Gasteiger partial charge is 0.160 e. The van der Waals surface area contributed by atoms with Crippen molar-refractivity contribution in [3.8, 4) is 56.3 Å². The molecule has 10 aromatic rings. The first-order valence-corrected chi connectivity index (χ1v) is 17.5. The van der Waals surface area contributed by atoms with E-state index in [1.807, 2.05) is 24.3 Å². The lowest BCUT2D eigenvalue weighted by Gasteiger charge is -2.12. The Kier molecular flexibility index (Phi) is 7.10. The molecule has 242 valence electrons. The maximum atomic E-state index is 5.20. The number of hydrogen-bond acceptors (Lipinski definition) is 4. The van der Waals surface area contributed by atoms with Crippen LogP contribution in [0.4, 0.5) is 0 Å². The van der Waals surface area contributed by atoms with Gasteiger partial charge in [0.1, 0.15) is 0 Å². The van der Waals surface area contributed by atoms with Gasteiger partial charge in [-0.15, -0.1) is 0 Å². The second kappa shape index (κ2) is 12.4. The Morgan fingerprint density at radius 1 is 0.288 bits per heavy atom. The third-order valence-corrected chi connectivity index (χ3v) is 9.85. The standard InChI is InChI=1S/C48H30N4/c1-3-10-34(11-4-1)45-41-30-39(25-28-44(41)51-48(52-45)37-12-5-2-6-13-37)32-15-18-33(19-16-32)42-26-23-35-20-21-36-24-27-43(50-47(36)46(35)49-42)40-22-17-31-9-7-8-14-38(31)29-40/h1-30H. The fourth-order valence-corrected chi connectivity index (χ4v) is 7.11. The molecule has 0 fully saturated rings. The van der Waals surface area contributed by atoms with Gasteiger partial charge < -0.3 is 0 Å². The minimum Gasteiger partial charge on any atom is -0.245 e. The molecule has 0 aliphatic rings. The van der Waals surface area contributed by atoms with Gasteiger partial charge in [-0.2, -0.15) is 0 Å². The van der Waals surface area contributed by atoms with Crippen LogP contribution in [0.3, 0.4) is 0 Å². The van der Waals surface area contributed by atoms with Crippen LogP contribution in [0.15, 0.2) is 182 Å². The van der Waals surface area contributed by atoms with Crippen LogP contribution in [0.2, 0.25) is 0 Å². The lowest BCUT2D eigenvalue weighted by molar-refractivity contribution is 1.23. The van der Waals surface area contributed by atoms with E-state index in [9.17, 15) is 0 Å². The summed E-state index contributed by atoms with van der Waals surface area (Å²) in [4.78, 5) is 20.4. The number of fused-ring (bicyclic) bond motifs is 5. The number of aromatic nitrogens is 4. The quantitative estimate of drug-likeness (QED) is 0.172. The van der Waals surface area contributed by atoms with Gasteiger partial charge in [0.15, 0.2) is 5.82 Å². The average molecular weight is 663 g/mol. The van der Waals surface area contributed by atoms with E-state index in [1.165, 1.54) is 10.8 Å². The summed E-state index contributed by atoms with van der Waals surface area (Å²) in [6.45, 7) is 0. The van der Waals surface area contributed by atoms with Crippen LogP contribution in [0, 0.1) is 0 Å². The van der Waals surface area contributed by atoms with Gasteiger partial charge in [-0.3, -0.25) is 0 Å². The van der Waals surface area contributed by atoms with Crippen molar-refractivity contribution < 1.29 is 0 Å². The predicted molar refractivity (Wildman–Crippen MR) is 215 cm³/mol. The van der Waals surface area contributed by atoms with Crippen molar-refractivity contribution in [3.63, 3.8) is 0 Å². The molecule has 0 amide bonds. The highest BCUT2D eigenvalue weighted by Crippen LogP contribution is 2.34. The van der Waals surface area contributed by atoms with Crippen molar-refractivity contribution in [1.82, 2.24) is 19.9 Å². The van der Waals surface area contributed by atoms with Crippen LogP contribution >= 0.6 is 0 Å². The predicted octanol–water partition coefficient (Wildman–Crippen LogP) is 12.2. The molecule has 3 heterocycles. The van der Waals surface area contributed by atoms with Crippen molar-refractivity contribution in [2.75, 3.05) is 0 Å². The summed E-state index contributed by atoms with van der Waals surface area (Å²) in [5.41, 5.74) is 11.9. The Hall–Kier alpha value is -7.04. The minimum absolute atomic E-state index is 0.722. The Morgan fingerprint density at radius 2 is 0.827 bits per heavy atom. The highest BCUT2D eigenvalue weighted by Gasteiger charge is 2.14. The van der Waals surface area contributed by atoms with Gasteiger partial charge >= 0.3 is 0 Å². The molecule has 10 rings (SSSR count). The molecular formula is C48H30N4. The Morgan fingerprint density at radius 3 is 1.54 bits per heavy atom. The van der Waals surface area contributed by atoms with Crippen LogP contribution in [-0.2, 0) is 0 Å². The largest absolute Gasteiger partial charge is 0.245 e. The number of hydrogen-bond donors (Lipinski definition) is 0. The Balaban J connectivity index is 1.02. The van der Waals surface area contributed by atoms with Crippen molar-refractivity contribution >= 4 is 43.5 Å². The molecule has 0 radical (unpaired) electrons. The van der Waals surface area contributed by atoms with E-state index in [0.717, 1.165) is 89.0 Å². The highest BCUT2D eigenvalue weighted by atomic mass is 14.9. The van der Waals surface area contributed by atoms with E-state index in [2.05, 4.69) is 158 Å². The minimum atomic E-state index is 0.722. The van der Waals surface area contributed by atoms with Gasteiger partial charge in [-0.05, 0) is 52.2 Å². The molecule has 7 aromatic carbocycles. The number of nitrogens with zero attached hydrogens (tertiary/aromatic N) is 4. The number of benzene rings is 7. The molecule has 4 nitrogen and oxygen atoms in total. The maximum Gasteiger partial charge on any atom is 0.160 e. The summed E-state index contributed by atoms with van der Waals surface area (Å²) in [5, 5.41) is 5.58. The van der Waals surface area contributed by atoms with Gasteiger partial charge in [-0.25, -0.2) is 19.9 Å². The van der Waals surface area contributed by atoms with Crippen LogP contribution in [-0.4, -0.2) is 19.9 Å². The second-order valence-corrected chi connectivity index (χ2v) is 13.1. The topological polar surface area (TPSA) is 51.6 Å². The maximum absolute atomic E-state index is 5.20. The lowest BCUT2D eigenvalue weighted by atomic mass is 9.98. The molecule has 52 heavy (non-hydrogen) atoms. The third-order valence-electron chi connectivity index (χ3n) is 9.85. The summed E-state index contributed by atoms with van der Waals surface area (Å²) < 4.78 is 0. The summed E-state index contributed by atoms with van der Waals surface area (Å²) >= 11 is 0. The van der Waals surface area contributed by atoms with Gasteiger partial charge in [0.25, 0.3) is 0 Å². The lowest BCUT2D eigenvalue weighted by Crippen LogP contribution is -1.95. The molecule has 0 spiro atoms. The zero-order valence-electron chi connectivity index (χ0n) is 28.1. The third kappa shape index (κ3) is 5.34. The highest BCUT2D eigenvalue weighted by molar-refractivity contribution is 6.04.